The van der Waals surface area contributed by atoms with Gasteiger partial charge >= 0.3 is 0 Å². The minimum atomic E-state index is -0.791. The second kappa shape index (κ2) is 6.56. The Balaban J connectivity index is 3.01. The molecule has 0 radical (unpaired) electrons. The fourth-order valence-electron chi connectivity index (χ4n) is 2.04. The molecule has 106 valence electrons. The molecule has 1 aromatic heterocycles. The highest BCUT2D eigenvalue weighted by molar-refractivity contribution is 7.12. The Morgan fingerprint density at radius 3 is 2.58 bits per heavy atom. The van der Waals surface area contributed by atoms with Crippen LogP contribution in [0.3, 0.4) is 0 Å². The lowest BCUT2D eigenvalue weighted by atomic mass is 9.91. The van der Waals surface area contributed by atoms with Crippen molar-refractivity contribution in [2.45, 2.75) is 45.6 Å². The number of oxime groups is 1. The summed E-state index contributed by atoms with van der Waals surface area (Å²) in [7, 11) is 0. The van der Waals surface area contributed by atoms with Gasteiger partial charge in [0.1, 0.15) is 5.54 Å². The lowest BCUT2D eigenvalue weighted by Crippen LogP contribution is -2.56. The molecule has 1 aromatic rings. The Kier molecular flexibility index (Phi) is 5.35. The van der Waals surface area contributed by atoms with Gasteiger partial charge in [-0.05, 0) is 36.3 Å². The molecule has 0 saturated carbocycles. The van der Waals surface area contributed by atoms with Gasteiger partial charge in [0.2, 0.25) is 0 Å². The van der Waals surface area contributed by atoms with Crippen LogP contribution in [0.25, 0.3) is 0 Å². The second-order valence-electron chi connectivity index (χ2n) is 4.36. The van der Waals surface area contributed by atoms with E-state index >= 15 is 0 Å². The van der Waals surface area contributed by atoms with E-state index in [9.17, 15) is 4.79 Å². The van der Waals surface area contributed by atoms with Crippen LogP contribution in [0.2, 0.25) is 0 Å². The largest absolute Gasteiger partial charge is 0.409 e. The van der Waals surface area contributed by atoms with E-state index in [0.717, 1.165) is 12.0 Å². The average Bonchev–Trinajstić information content (AvgIpc) is 2.92. The van der Waals surface area contributed by atoms with Crippen LogP contribution < -0.4 is 11.1 Å². The second-order valence-corrected chi connectivity index (χ2v) is 5.27. The van der Waals surface area contributed by atoms with E-state index in [1.807, 2.05) is 32.2 Å². The van der Waals surface area contributed by atoms with Crippen molar-refractivity contribution in [2.75, 3.05) is 0 Å². The number of carbonyl (C=O) groups excluding carboxylic acids is 1. The highest BCUT2D eigenvalue weighted by Crippen LogP contribution is 2.21. The number of aryl methyl sites for hydroxylation is 1. The molecule has 0 aliphatic rings. The van der Waals surface area contributed by atoms with Crippen LogP contribution in [0, 0.1) is 0 Å². The third kappa shape index (κ3) is 3.07. The molecule has 0 aliphatic carbocycles. The SMILES string of the molecule is CCc1ccsc1C(=O)NC(CC)(CC)C(N)=NO. The van der Waals surface area contributed by atoms with Crippen LogP contribution in [0.15, 0.2) is 16.6 Å². The third-order valence-corrected chi connectivity index (χ3v) is 4.45. The zero-order valence-electron chi connectivity index (χ0n) is 11.6. The molecule has 19 heavy (non-hydrogen) atoms. The Morgan fingerprint density at radius 2 is 2.11 bits per heavy atom. The molecule has 4 N–H and O–H groups in total. The zero-order chi connectivity index (χ0) is 14.5. The quantitative estimate of drug-likeness (QED) is 0.324. The topological polar surface area (TPSA) is 87.7 Å². The number of thiophene rings is 1. The molecule has 0 aliphatic heterocycles. The van der Waals surface area contributed by atoms with E-state index in [-0.39, 0.29) is 11.7 Å². The van der Waals surface area contributed by atoms with Crippen LogP contribution >= 0.6 is 11.3 Å². The number of nitrogens with two attached hydrogens (primary N) is 1. The molecule has 0 fully saturated rings. The average molecular weight is 283 g/mol. The molecular weight excluding hydrogens is 262 g/mol. The summed E-state index contributed by atoms with van der Waals surface area (Å²) < 4.78 is 0. The summed E-state index contributed by atoms with van der Waals surface area (Å²) >= 11 is 1.41. The van der Waals surface area contributed by atoms with Crippen LogP contribution in [0.5, 0.6) is 0 Å². The minimum Gasteiger partial charge on any atom is -0.409 e. The standard InChI is InChI=1S/C13H21N3O2S/c1-4-9-7-8-19-10(9)11(17)15-13(5-2,6-3)12(14)16-18/h7-8,18H,4-6H2,1-3H3,(H2,14,16)(H,15,17). The smallest absolute Gasteiger partial charge is 0.262 e. The Hall–Kier alpha value is -1.56. The molecule has 6 heteroatoms. The fraction of sp³-hybridized carbons (Fsp3) is 0.538. The van der Waals surface area contributed by atoms with Crippen molar-refractivity contribution in [1.29, 1.82) is 0 Å². The van der Waals surface area contributed by atoms with E-state index < -0.39 is 5.54 Å². The van der Waals surface area contributed by atoms with Crippen LogP contribution in [0.1, 0.15) is 48.8 Å². The summed E-state index contributed by atoms with van der Waals surface area (Å²) in [5.41, 5.74) is 5.96. The number of nitrogens with zero attached hydrogens (tertiary/aromatic N) is 1. The summed E-state index contributed by atoms with van der Waals surface area (Å²) in [6, 6.07) is 1.95. The van der Waals surface area contributed by atoms with E-state index in [4.69, 9.17) is 10.9 Å². The van der Waals surface area contributed by atoms with E-state index in [1.54, 1.807) is 0 Å². The Bertz CT molecular complexity index is 464. The van der Waals surface area contributed by atoms with Crippen LogP contribution in [-0.4, -0.2) is 22.5 Å². The lowest BCUT2D eigenvalue weighted by Gasteiger charge is -2.31. The molecule has 1 amide bonds. The van der Waals surface area contributed by atoms with Crippen molar-refractivity contribution in [3.05, 3.63) is 21.9 Å². The first kappa shape index (κ1) is 15.5. The number of hydrogen-bond donors (Lipinski definition) is 3. The number of carbonyl (C=O) groups is 1. The van der Waals surface area contributed by atoms with Crippen molar-refractivity contribution in [3.63, 3.8) is 0 Å². The van der Waals surface area contributed by atoms with E-state index in [0.29, 0.717) is 17.7 Å². The van der Waals surface area contributed by atoms with Gasteiger partial charge in [-0.25, -0.2) is 0 Å². The van der Waals surface area contributed by atoms with E-state index in [2.05, 4.69) is 10.5 Å². The number of amides is 1. The van der Waals surface area contributed by atoms with Gasteiger partial charge in [-0.2, -0.15) is 0 Å². The number of hydrogen-bond acceptors (Lipinski definition) is 4. The molecular formula is C13H21N3O2S. The molecule has 0 atom stereocenters. The number of nitrogens with one attached hydrogen (secondary N) is 1. The van der Waals surface area contributed by atoms with Gasteiger partial charge in [-0.15, -0.1) is 11.3 Å². The molecule has 0 aromatic carbocycles. The van der Waals surface area contributed by atoms with Crippen molar-refractivity contribution >= 4 is 23.1 Å². The van der Waals surface area contributed by atoms with Gasteiger partial charge in [0, 0.05) is 0 Å². The van der Waals surface area contributed by atoms with Gasteiger partial charge in [0.25, 0.3) is 5.91 Å². The normalized spacial score (nSPS) is 12.5. The van der Waals surface area contributed by atoms with Crippen LogP contribution in [0.4, 0.5) is 0 Å². The first-order valence-electron chi connectivity index (χ1n) is 6.41. The fourth-order valence-corrected chi connectivity index (χ4v) is 2.93. The minimum absolute atomic E-state index is 0.0421. The van der Waals surface area contributed by atoms with Gasteiger partial charge in [0.05, 0.1) is 4.88 Å². The molecule has 0 unspecified atom stereocenters. The Morgan fingerprint density at radius 1 is 1.47 bits per heavy atom. The highest BCUT2D eigenvalue weighted by atomic mass is 32.1. The number of amidine groups is 1. The van der Waals surface area contributed by atoms with Crippen molar-refractivity contribution < 1.29 is 10.0 Å². The Labute approximate surface area is 117 Å². The van der Waals surface area contributed by atoms with Crippen LogP contribution in [-0.2, 0) is 6.42 Å². The summed E-state index contributed by atoms with van der Waals surface area (Å²) in [6.45, 7) is 5.81. The molecule has 1 rings (SSSR count). The summed E-state index contributed by atoms with van der Waals surface area (Å²) in [5, 5.41) is 16.8. The third-order valence-electron chi connectivity index (χ3n) is 3.49. The summed E-state index contributed by atoms with van der Waals surface area (Å²) in [6.07, 6.45) is 1.94. The summed E-state index contributed by atoms with van der Waals surface area (Å²) in [4.78, 5) is 13.0. The van der Waals surface area contributed by atoms with Crippen molar-refractivity contribution in [2.24, 2.45) is 10.9 Å². The number of rotatable bonds is 6. The van der Waals surface area contributed by atoms with Crippen molar-refractivity contribution in [3.8, 4) is 0 Å². The maximum Gasteiger partial charge on any atom is 0.262 e. The lowest BCUT2D eigenvalue weighted by molar-refractivity contribution is 0.0921. The highest BCUT2D eigenvalue weighted by Gasteiger charge is 2.34. The predicted octanol–water partition coefficient (Wildman–Crippen LogP) is 2.35. The maximum atomic E-state index is 12.3. The van der Waals surface area contributed by atoms with Gasteiger partial charge in [0.15, 0.2) is 5.84 Å². The van der Waals surface area contributed by atoms with Gasteiger partial charge in [-0.1, -0.05) is 25.9 Å². The first-order chi connectivity index (χ1) is 9.04. The predicted molar refractivity (Wildman–Crippen MR) is 77.9 cm³/mol. The molecule has 1 heterocycles. The van der Waals surface area contributed by atoms with Crippen molar-refractivity contribution in [1.82, 2.24) is 5.32 Å². The monoisotopic (exact) mass is 283 g/mol. The molecule has 0 bridgehead atoms. The molecule has 0 saturated heterocycles. The van der Waals surface area contributed by atoms with Gasteiger partial charge in [-0.3, -0.25) is 4.79 Å². The van der Waals surface area contributed by atoms with E-state index in [1.165, 1.54) is 11.3 Å². The van der Waals surface area contributed by atoms with Gasteiger partial charge < -0.3 is 16.3 Å². The first-order valence-corrected chi connectivity index (χ1v) is 7.29. The molecule has 5 nitrogen and oxygen atoms in total. The molecule has 0 spiro atoms. The summed E-state index contributed by atoms with van der Waals surface area (Å²) in [5.74, 6) is -0.123. The maximum absolute atomic E-state index is 12.3. The zero-order valence-corrected chi connectivity index (χ0v) is 12.4.